The fraction of sp³-hybridized carbons (Fsp3) is 0.211. The molecule has 1 N–H and O–H groups in total. The van der Waals surface area contributed by atoms with Crippen molar-refractivity contribution >= 4 is 16.9 Å². The van der Waals surface area contributed by atoms with Gasteiger partial charge in [0.2, 0.25) is 6.79 Å². The highest BCUT2D eigenvalue weighted by atomic mass is 16.7. The van der Waals surface area contributed by atoms with E-state index in [2.05, 4.69) is 5.32 Å². The molecule has 1 aromatic heterocycles. The molecule has 0 saturated carbocycles. The van der Waals surface area contributed by atoms with Crippen LogP contribution in [-0.4, -0.2) is 19.3 Å². The molecule has 128 valence electrons. The summed E-state index contributed by atoms with van der Waals surface area (Å²) in [5, 5.41) is 3.88. The third-order valence-electron chi connectivity index (χ3n) is 3.96. The molecule has 3 aromatic rings. The highest BCUT2D eigenvalue weighted by Gasteiger charge is 2.16. The SMILES string of the molecule is CC(NC(=O)COc1ccc2c(c1)OCO2)c1cc2ccccc2o1. The Bertz CT molecular complexity index is 884. The number of amides is 1. The zero-order valence-electron chi connectivity index (χ0n) is 13.7. The number of carbonyl (C=O) groups is 1. The molecule has 6 heteroatoms. The number of para-hydroxylation sites is 1. The zero-order chi connectivity index (χ0) is 17.2. The van der Waals surface area contributed by atoms with Gasteiger partial charge < -0.3 is 23.9 Å². The number of nitrogens with one attached hydrogen (secondary N) is 1. The molecule has 0 spiro atoms. The number of fused-ring (bicyclic) bond motifs is 2. The van der Waals surface area contributed by atoms with Crippen molar-refractivity contribution in [3.63, 3.8) is 0 Å². The smallest absolute Gasteiger partial charge is 0.258 e. The summed E-state index contributed by atoms with van der Waals surface area (Å²) in [6, 6.07) is 14.6. The molecule has 6 nitrogen and oxygen atoms in total. The minimum atomic E-state index is -0.250. The van der Waals surface area contributed by atoms with E-state index in [4.69, 9.17) is 18.6 Å². The molecule has 1 aliphatic heterocycles. The van der Waals surface area contributed by atoms with Crippen LogP contribution >= 0.6 is 0 Å². The number of ether oxygens (including phenoxy) is 3. The van der Waals surface area contributed by atoms with Crippen molar-refractivity contribution in [3.8, 4) is 17.2 Å². The van der Waals surface area contributed by atoms with E-state index in [-0.39, 0.29) is 25.3 Å². The molecule has 4 rings (SSSR count). The van der Waals surface area contributed by atoms with E-state index in [1.807, 2.05) is 37.3 Å². The van der Waals surface area contributed by atoms with E-state index in [1.54, 1.807) is 18.2 Å². The first-order chi connectivity index (χ1) is 12.2. The standard InChI is InChI=1S/C19H17NO5/c1-12(17-8-13-4-2-3-5-15(13)25-17)20-19(21)10-22-14-6-7-16-18(9-14)24-11-23-16/h2-9,12H,10-11H2,1H3,(H,20,21). The maximum absolute atomic E-state index is 12.1. The molecule has 1 aliphatic rings. The van der Waals surface area contributed by atoms with E-state index in [0.717, 1.165) is 11.0 Å². The van der Waals surface area contributed by atoms with Gasteiger partial charge in [0.1, 0.15) is 17.1 Å². The molecule has 0 aliphatic carbocycles. The number of furan rings is 1. The highest BCUT2D eigenvalue weighted by Crippen LogP contribution is 2.35. The second-order valence-corrected chi connectivity index (χ2v) is 5.78. The molecule has 1 unspecified atom stereocenters. The lowest BCUT2D eigenvalue weighted by Crippen LogP contribution is -2.31. The Kier molecular flexibility index (Phi) is 3.93. The van der Waals surface area contributed by atoms with Crippen LogP contribution in [0.1, 0.15) is 18.7 Å². The average molecular weight is 339 g/mol. The number of hydrogen-bond acceptors (Lipinski definition) is 5. The largest absolute Gasteiger partial charge is 0.484 e. The lowest BCUT2D eigenvalue weighted by atomic mass is 10.2. The van der Waals surface area contributed by atoms with Crippen molar-refractivity contribution in [3.05, 3.63) is 54.3 Å². The molecular weight excluding hydrogens is 322 g/mol. The van der Waals surface area contributed by atoms with E-state index in [0.29, 0.717) is 23.0 Å². The summed E-state index contributed by atoms with van der Waals surface area (Å²) in [5.74, 6) is 2.32. The normalized spacial score (nSPS) is 13.6. The molecule has 1 amide bonds. The van der Waals surface area contributed by atoms with Crippen molar-refractivity contribution in [2.75, 3.05) is 13.4 Å². The minimum absolute atomic E-state index is 0.0930. The van der Waals surface area contributed by atoms with Gasteiger partial charge in [0.25, 0.3) is 5.91 Å². The lowest BCUT2D eigenvalue weighted by molar-refractivity contribution is -0.123. The van der Waals surface area contributed by atoms with Crippen molar-refractivity contribution in [2.24, 2.45) is 0 Å². The van der Waals surface area contributed by atoms with Crippen molar-refractivity contribution in [1.29, 1.82) is 0 Å². The third kappa shape index (κ3) is 3.24. The van der Waals surface area contributed by atoms with Gasteiger partial charge in [-0.1, -0.05) is 18.2 Å². The number of carbonyl (C=O) groups excluding carboxylic acids is 1. The second-order valence-electron chi connectivity index (χ2n) is 5.78. The first-order valence-electron chi connectivity index (χ1n) is 7.99. The van der Waals surface area contributed by atoms with Crippen LogP contribution in [0.25, 0.3) is 11.0 Å². The van der Waals surface area contributed by atoms with Crippen molar-refractivity contribution in [2.45, 2.75) is 13.0 Å². The number of rotatable bonds is 5. The van der Waals surface area contributed by atoms with Gasteiger partial charge in [-0.05, 0) is 31.2 Å². The van der Waals surface area contributed by atoms with E-state index in [1.165, 1.54) is 0 Å². The maximum Gasteiger partial charge on any atom is 0.258 e. The van der Waals surface area contributed by atoms with Gasteiger partial charge >= 0.3 is 0 Å². The predicted molar refractivity (Wildman–Crippen MR) is 90.8 cm³/mol. The van der Waals surface area contributed by atoms with Crippen molar-refractivity contribution < 1.29 is 23.4 Å². The molecule has 0 bridgehead atoms. The monoisotopic (exact) mass is 339 g/mol. The minimum Gasteiger partial charge on any atom is -0.484 e. The maximum atomic E-state index is 12.1. The number of benzene rings is 2. The van der Waals surface area contributed by atoms with Gasteiger partial charge in [-0.25, -0.2) is 0 Å². The van der Waals surface area contributed by atoms with Crippen LogP contribution in [0.15, 0.2) is 52.9 Å². The fourth-order valence-electron chi connectivity index (χ4n) is 2.69. The topological polar surface area (TPSA) is 69.9 Å². The number of hydrogen-bond donors (Lipinski definition) is 1. The van der Waals surface area contributed by atoms with Gasteiger partial charge in [0.05, 0.1) is 6.04 Å². The third-order valence-corrected chi connectivity index (χ3v) is 3.96. The first kappa shape index (κ1) is 15.4. The molecule has 2 heterocycles. The van der Waals surface area contributed by atoms with Crippen LogP contribution < -0.4 is 19.5 Å². The molecule has 1 atom stereocenters. The van der Waals surface area contributed by atoms with Gasteiger partial charge in [-0.3, -0.25) is 4.79 Å². The summed E-state index contributed by atoms with van der Waals surface area (Å²) in [4.78, 5) is 12.1. The Hall–Kier alpha value is -3.15. The van der Waals surface area contributed by atoms with Crippen LogP contribution in [0, 0.1) is 0 Å². The summed E-state index contributed by atoms with van der Waals surface area (Å²) in [6.45, 7) is 1.98. The Morgan fingerprint density at radius 3 is 2.88 bits per heavy atom. The predicted octanol–water partition coefficient (Wildman–Crippen LogP) is 3.42. The van der Waals surface area contributed by atoms with Crippen LogP contribution in [-0.2, 0) is 4.79 Å². The van der Waals surface area contributed by atoms with Gasteiger partial charge in [0, 0.05) is 11.5 Å². The summed E-state index contributed by atoms with van der Waals surface area (Å²) in [6.07, 6.45) is 0. The van der Waals surface area contributed by atoms with Gasteiger partial charge in [-0.2, -0.15) is 0 Å². The van der Waals surface area contributed by atoms with Crippen molar-refractivity contribution in [1.82, 2.24) is 5.32 Å². The van der Waals surface area contributed by atoms with Gasteiger partial charge in [-0.15, -0.1) is 0 Å². The molecule has 0 fully saturated rings. The zero-order valence-corrected chi connectivity index (χ0v) is 13.7. The lowest BCUT2D eigenvalue weighted by Gasteiger charge is -2.12. The Balaban J connectivity index is 1.35. The molecular formula is C19H17NO5. The van der Waals surface area contributed by atoms with E-state index >= 15 is 0 Å². The van der Waals surface area contributed by atoms with E-state index < -0.39 is 0 Å². The van der Waals surface area contributed by atoms with Crippen LogP contribution in [0.3, 0.4) is 0 Å². The second kappa shape index (κ2) is 6.39. The Morgan fingerprint density at radius 2 is 2.00 bits per heavy atom. The quantitative estimate of drug-likeness (QED) is 0.771. The highest BCUT2D eigenvalue weighted by molar-refractivity contribution is 5.79. The van der Waals surface area contributed by atoms with Crippen LogP contribution in [0.4, 0.5) is 0 Å². The molecule has 0 saturated heterocycles. The average Bonchev–Trinajstić information content (AvgIpc) is 3.25. The van der Waals surface area contributed by atoms with Crippen LogP contribution in [0.2, 0.25) is 0 Å². The molecule has 25 heavy (non-hydrogen) atoms. The summed E-state index contributed by atoms with van der Waals surface area (Å²) in [7, 11) is 0. The Morgan fingerprint density at radius 1 is 1.16 bits per heavy atom. The summed E-state index contributed by atoms with van der Waals surface area (Å²) >= 11 is 0. The molecule has 0 radical (unpaired) electrons. The van der Waals surface area contributed by atoms with E-state index in [9.17, 15) is 4.79 Å². The van der Waals surface area contributed by atoms with Gasteiger partial charge in [0.15, 0.2) is 18.1 Å². The van der Waals surface area contributed by atoms with Crippen LogP contribution in [0.5, 0.6) is 17.2 Å². The molecule has 2 aromatic carbocycles. The Labute approximate surface area is 144 Å². The fourth-order valence-corrected chi connectivity index (χ4v) is 2.69. The summed E-state index contributed by atoms with van der Waals surface area (Å²) < 4.78 is 21.8. The summed E-state index contributed by atoms with van der Waals surface area (Å²) in [5.41, 5.74) is 0.801. The first-order valence-corrected chi connectivity index (χ1v) is 7.99.